The Hall–Kier alpha value is -4.72. The van der Waals surface area contributed by atoms with Gasteiger partial charge in [0.2, 0.25) is 0 Å². The molecule has 0 aliphatic heterocycles. The van der Waals surface area contributed by atoms with Crippen molar-refractivity contribution in [2.75, 3.05) is 0 Å². The SMILES string of the molecule is Cc1cc(C=NNC(=O)c2cccc(-n3cccc3)c2)c(C)n1-n1c(C)nc2ccccc2c1=O. The van der Waals surface area contributed by atoms with Crippen LogP contribution in [0.25, 0.3) is 16.6 Å². The molecule has 1 N–H and O–H groups in total. The lowest BCUT2D eigenvalue weighted by molar-refractivity contribution is 0.0955. The van der Waals surface area contributed by atoms with Crippen molar-refractivity contribution in [1.82, 2.24) is 24.3 Å². The molecule has 0 bridgehead atoms. The number of fused-ring (bicyclic) bond motifs is 1. The summed E-state index contributed by atoms with van der Waals surface area (Å²) in [7, 11) is 0. The zero-order valence-corrected chi connectivity index (χ0v) is 19.6. The summed E-state index contributed by atoms with van der Waals surface area (Å²) in [6.07, 6.45) is 5.42. The van der Waals surface area contributed by atoms with Crippen LogP contribution in [0.15, 0.2) is 89.0 Å². The number of hydrogen-bond acceptors (Lipinski definition) is 4. The molecule has 0 spiro atoms. The van der Waals surface area contributed by atoms with Crippen molar-refractivity contribution >= 4 is 23.0 Å². The van der Waals surface area contributed by atoms with Crippen LogP contribution in [0.3, 0.4) is 0 Å². The van der Waals surface area contributed by atoms with Crippen LogP contribution >= 0.6 is 0 Å². The van der Waals surface area contributed by atoms with Gasteiger partial charge in [0, 0.05) is 40.6 Å². The maximum atomic E-state index is 13.2. The van der Waals surface area contributed by atoms with Gasteiger partial charge >= 0.3 is 0 Å². The third-order valence-corrected chi connectivity index (χ3v) is 5.93. The second kappa shape index (κ2) is 8.90. The van der Waals surface area contributed by atoms with Gasteiger partial charge in [-0.3, -0.25) is 14.3 Å². The predicted molar refractivity (Wildman–Crippen MR) is 136 cm³/mol. The number of rotatable bonds is 5. The molecule has 5 rings (SSSR count). The highest BCUT2D eigenvalue weighted by Gasteiger charge is 2.15. The lowest BCUT2D eigenvalue weighted by Crippen LogP contribution is -2.30. The maximum absolute atomic E-state index is 13.2. The fraction of sp³-hybridized carbons (Fsp3) is 0.111. The van der Waals surface area contributed by atoms with E-state index in [2.05, 4.69) is 15.5 Å². The molecule has 0 fully saturated rings. The summed E-state index contributed by atoms with van der Waals surface area (Å²) in [4.78, 5) is 30.5. The Bertz CT molecular complexity index is 1640. The number of amides is 1. The number of hydrazone groups is 1. The summed E-state index contributed by atoms with van der Waals surface area (Å²) in [5, 5.41) is 4.72. The van der Waals surface area contributed by atoms with Crippen LogP contribution in [-0.4, -0.2) is 31.0 Å². The van der Waals surface area contributed by atoms with E-state index in [9.17, 15) is 9.59 Å². The topological polar surface area (TPSA) is 86.2 Å². The van der Waals surface area contributed by atoms with Crippen molar-refractivity contribution in [3.05, 3.63) is 118 Å². The molecule has 174 valence electrons. The number of aryl methyl sites for hydroxylation is 2. The number of benzene rings is 2. The van der Waals surface area contributed by atoms with Gasteiger partial charge in [0.05, 0.1) is 17.1 Å². The standard InChI is InChI=1S/C27H24N6O2/c1-18-15-22(17-28-30-26(34)21-9-8-10-23(16-21)31-13-6-7-14-31)19(2)32(18)33-20(3)29-25-12-5-4-11-24(25)27(33)35/h4-17H,1-3H3,(H,30,34). The van der Waals surface area contributed by atoms with E-state index in [1.807, 2.05) is 90.9 Å². The van der Waals surface area contributed by atoms with Crippen LogP contribution in [0.1, 0.15) is 33.1 Å². The molecule has 0 atom stereocenters. The second-order valence-electron chi connectivity index (χ2n) is 8.27. The quantitative estimate of drug-likeness (QED) is 0.315. The Morgan fingerprint density at radius 2 is 1.71 bits per heavy atom. The molecule has 0 aliphatic rings. The third kappa shape index (κ3) is 4.06. The molecule has 3 aromatic heterocycles. The average Bonchev–Trinajstić information content (AvgIpc) is 3.49. The largest absolute Gasteiger partial charge is 0.324 e. The number of nitrogens with one attached hydrogen (secondary N) is 1. The number of nitrogens with zero attached hydrogens (tertiary/aromatic N) is 5. The molecule has 8 nitrogen and oxygen atoms in total. The number of para-hydroxylation sites is 1. The minimum atomic E-state index is -0.310. The van der Waals surface area contributed by atoms with Gasteiger partial charge in [0.25, 0.3) is 11.5 Å². The summed E-state index contributed by atoms with van der Waals surface area (Å²) < 4.78 is 5.32. The van der Waals surface area contributed by atoms with E-state index < -0.39 is 0 Å². The van der Waals surface area contributed by atoms with E-state index >= 15 is 0 Å². The van der Waals surface area contributed by atoms with Gasteiger partial charge in [0.15, 0.2) is 0 Å². The normalized spacial score (nSPS) is 11.4. The fourth-order valence-electron chi connectivity index (χ4n) is 4.23. The van der Waals surface area contributed by atoms with E-state index in [-0.39, 0.29) is 11.5 Å². The van der Waals surface area contributed by atoms with Gasteiger partial charge in [-0.2, -0.15) is 9.78 Å². The molecule has 0 unspecified atom stereocenters. The first kappa shape index (κ1) is 22.1. The molecule has 0 saturated heterocycles. The van der Waals surface area contributed by atoms with Crippen molar-refractivity contribution in [1.29, 1.82) is 0 Å². The monoisotopic (exact) mass is 464 g/mol. The Labute approximate surface area is 201 Å². The minimum absolute atomic E-state index is 0.144. The minimum Gasteiger partial charge on any atom is -0.324 e. The average molecular weight is 465 g/mol. The van der Waals surface area contributed by atoms with Gasteiger partial charge in [0.1, 0.15) is 5.82 Å². The molecule has 35 heavy (non-hydrogen) atoms. The predicted octanol–water partition coefficient (Wildman–Crippen LogP) is 3.99. The number of hydrogen-bond donors (Lipinski definition) is 1. The Morgan fingerprint density at radius 1 is 0.943 bits per heavy atom. The van der Waals surface area contributed by atoms with Crippen LogP contribution in [-0.2, 0) is 0 Å². The first-order valence-corrected chi connectivity index (χ1v) is 11.2. The molecule has 3 heterocycles. The van der Waals surface area contributed by atoms with E-state index in [0.717, 1.165) is 22.6 Å². The highest BCUT2D eigenvalue weighted by Crippen LogP contribution is 2.16. The van der Waals surface area contributed by atoms with Gasteiger partial charge in [-0.25, -0.2) is 10.4 Å². The summed E-state index contributed by atoms with van der Waals surface area (Å²) in [5.41, 5.74) is 6.94. The number of carbonyl (C=O) groups excluding carboxylic acids is 1. The maximum Gasteiger partial charge on any atom is 0.280 e. The summed E-state index contributed by atoms with van der Waals surface area (Å²) in [6.45, 7) is 5.62. The van der Waals surface area contributed by atoms with E-state index in [1.54, 1.807) is 29.1 Å². The highest BCUT2D eigenvalue weighted by molar-refractivity contribution is 5.95. The molecule has 2 aromatic carbocycles. The van der Waals surface area contributed by atoms with Gasteiger partial charge in [-0.15, -0.1) is 0 Å². The Kier molecular flexibility index (Phi) is 5.62. The van der Waals surface area contributed by atoms with E-state index in [4.69, 9.17) is 0 Å². The smallest absolute Gasteiger partial charge is 0.280 e. The van der Waals surface area contributed by atoms with Crippen LogP contribution in [0.2, 0.25) is 0 Å². The second-order valence-corrected chi connectivity index (χ2v) is 8.27. The van der Waals surface area contributed by atoms with Crippen molar-refractivity contribution in [2.45, 2.75) is 20.8 Å². The van der Waals surface area contributed by atoms with Crippen molar-refractivity contribution < 1.29 is 4.79 Å². The van der Waals surface area contributed by atoms with E-state index in [1.165, 1.54) is 0 Å². The third-order valence-electron chi connectivity index (χ3n) is 5.93. The summed E-state index contributed by atoms with van der Waals surface area (Å²) >= 11 is 0. The van der Waals surface area contributed by atoms with Crippen molar-refractivity contribution in [3.8, 4) is 5.69 Å². The zero-order chi connectivity index (χ0) is 24.5. The first-order valence-electron chi connectivity index (χ1n) is 11.2. The molecule has 1 amide bonds. The molecule has 5 aromatic rings. The van der Waals surface area contributed by atoms with Crippen LogP contribution in [0.5, 0.6) is 0 Å². The number of aromatic nitrogens is 4. The lowest BCUT2D eigenvalue weighted by Gasteiger charge is -2.16. The van der Waals surface area contributed by atoms with E-state index in [0.29, 0.717) is 22.3 Å². The van der Waals surface area contributed by atoms with Crippen LogP contribution in [0.4, 0.5) is 0 Å². The fourth-order valence-corrected chi connectivity index (χ4v) is 4.23. The van der Waals surface area contributed by atoms with Gasteiger partial charge < -0.3 is 4.57 Å². The van der Waals surface area contributed by atoms with Gasteiger partial charge in [-0.05, 0) is 69.3 Å². The van der Waals surface area contributed by atoms with Crippen molar-refractivity contribution in [2.24, 2.45) is 5.10 Å². The zero-order valence-electron chi connectivity index (χ0n) is 19.6. The highest BCUT2D eigenvalue weighted by atomic mass is 16.2. The Morgan fingerprint density at radius 3 is 2.51 bits per heavy atom. The summed E-state index contributed by atoms with van der Waals surface area (Å²) in [6, 6.07) is 20.4. The molecule has 0 aliphatic carbocycles. The van der Waals surface area contributed by atoms with Gasteiger partial charge in [-0.1, -0.05) is 18.2 Å². The van der Waals surface area contributed by atoms with Crippen LogP contribution in [0, 0.1) is 20.8 Å². The van der Waals surface area contributed by atoms with Crippen LogP contribution < -0.4 is 11.0 Å². The number of carbonyl (C=O) groups is 1. The molecule has 8 heteroatoms. The molecular weight excluding hydrogens is 440 g/mol. The first-order chi connectivity index (χ1) is 16.9. The summed E-state index contributed by atoms with van der Waals surface area (Å²) in [5.74, 6) is 0.268. The van der Waals surface area contributed by atoms with Crippen molar-refractivity contribution in [3.63, 3.8) is 0 Å². The molecule has 0 saturated carbocycles. The molecule has 0 radical (unpaired) electrons. The lowest BCUT2D eigenvalue weighted by atomic mass is 10.2. The Balaban J connectivity index is 1.41. The molecular formula is C27H24N6O2.